The zero-order valence-electron chi connectivity index (χ0n) is 17.2. The Balaban J connectivity index is 2.04. The van der Waals surface area contributed by atoms with E-state index in [4.69, 9.17) is 4.74 Å². The van der Waals surface area contributed by atoms with Crippen molar-refractivity contribution in [3.63, 3.8) is 0 Å². The summed E-state index contributed by atoms with van der Waals surface area (Å²) in [6, 6.07) is 7.41. The smallest absolute Gasteiger partial charge is 0.337 e. The molecule has 1 aromatic heterocycles. The number of imide groups is 1. The van der Waals surface area contributed by atoms with E-state index in [-0.39, 0.29) is 11.1 Å². The van der Waals surface area contributed by atoms with Crippen molar-refractivity contribution in [3.05, 3.63) is 57.2 Å². The third kappa shape index (κ3) is 3.87. The summed E-state index contributed by atoms with van der Waals surface area (Å²) in [5, 5.41) is -0.224. The van der Waals surface area contributed by atoms with Crippen LogP contribution in [0.3, 0.4) is 0 Å². The molecule has 0 bridgehead atoms. The third-order valence-electron chi connectivity index (χ3n) is 4.95. The number of rotatable bonds is 5. The second-order valence-corrected chi connectivity index (χ2v) is 7.98. The molecule has 1 fully saturated rings. The first-order valence-electron chi connectivity index (χ1n) is 9.42. The maximum Gasteiger partial charge on any atom is 0.337 e. The molecule has 0 N–H and O–H groups in total. The van der Waals surface area contributed by atoms with Crippen molar-refractivity contribution in [1.29, 1.82) is 0 Å². The van der Waals surface area contributed by atoms with Crippen molar-refractivity contribution < 1.29 is 19.1 Å². The number of thioether (sulfide) groups is 1. The second-order valence-electron chi connectivity index (χ2n) is 6.99. The number of amides is 2. The van der Waals surface area contributed by atoms with Gasteiger partial charge in [0.1, 0.15) is 0 Å². The molecule has 7 heteroatoms. The van der Waals surface area contributed by atoms with Crippen LogP contribution in [0.15, 0.2) is 29.2 Å². The summed E-state index contributed by atoms with van der Waals surface area (Å²) in [5.74, 6) is -0.631. The van der Waals surface area contributed by atoms with Crippen LogP contribution in [0.4, 0.5) is 4.79 Å². The first kappa shape index (κ1) is 20.9. The topological polar surface area (TPSA) is 68.6 Å². The van der Waals surface area contributed by atoms with Crippen molar-refractivity contribution in [2.75, 3.05) is 13.7 Å². The Bertz CT molecular complexity index is 1040. The highest BCUT2D eigenvalue weighted by molar-refractivity contribution is 8.18. The Hall–Kier alpha value is -2.80. The number of esters is 1. The molecule has 0 spiro atoms. The molecule has 0 aliphatic carbocycles. The Kier molecular flexibility index (Phi) is 5.98. The number of aryl methyl sites for hydroxylation is 2. The number of hydrogen-bond acceptors (Lipinski definition) is 5. The highest BCUT2D eigenvalue weighted by atomic mass is 32.2. The number of benzene rings is 1. The number of carbonyl (C=O) groups excluding carboxylic acids is 3. The molecule has 0 saturated carbocycles. The maximum absolute atomic E-state index is 12.5. The lowest BCUT2D eigenvalue weighted by Gasteiger charge is -2.14. The Morgan fingerprint density at radius 2 is 1.90 bits per heavy atom. The minimum absolute atomic E-state index is 0.224. The number of ether oxygens (including phenoxy) is 1. The highest BCUT2D eigenvalue weighted by Crippen LogP contribution is 2.34. The molecule has 0 atom stereocenters. The first-order valence-corrected chi connectivity index (χ1v) is 10.2. The average Bonchev–Trinajstić information content (AvgIpc) is 3.12. The molecule has 152 valence electrons. The van der Waals surface area contributed by atoms with E-state index in [9.17, 15) is 14.4 Å². The number of methoxy groups -OCH3 is 1. The monoisotopic (exact) mass is 412 g/mol. The fourth-order valence-corrected chi connectivity index (χ4v) is 4.31. The van der Waals surface area contributed by atoms with Crippen LogP contribution in [0.5, 0.6) is 0 Å². The van der Waals surface area contributed by atoms with Crippen LogP contribution >= 0.6 is 11.8 Å². The van der Waals surface area contributed by atoms with E-state index in [0.29, 0.717) is 17.0 Å². The number of hydrogen-bond donors (Lipinski definition) is 0. The fraction of sp³-hybridized carbons (Fsp3) is 0.318. The van der Waals surface area contributed by atoms with Crippen molar-refractivity contribution >= 4 is 35.0 Å². The average molecular weight is 413 g/mol. The summed E-state index contributed by atoms with van der Waals surface area (Å²) in [5.41, 5.74) is 5.12. The van der Waals surface area contributed by atoms with Crippen molar-refractivity contribution in [3.8, 4) is 5.69 Å². The fourth-order valence-electron chi connectivity index (χ4n) is 3.46. The summed E-state index contributed by atoms with van der Waals surface area (Å²) >= 11 is 0.977. The minimum atomic E-state index is -0.390. The van der Waals surface area contributed by atoms with Crippen LogP contribution in [0.1, 0.15) is 46.2 Å². The Morgan fingerprint density at radius 1 is 1.17 bits per heavy atom. The molecule has 2 aromatic rings. The quantitative estimate of drug-likeness (QED) is 0.529. The largest absolute Gasteiger partial charge is 0.465 e. The molecular weight excluding hydrogens is 388 g/mol. The van der Waals surface area contributed by atoms with E-state index in [0.717, 1.165) is 46.4 Å². The van der Waals surface area contributed by atoms with E-state index in [1.165, 1.54) is 12.0 Å². The predicted molar refractivity (Wildman–Crippen MR) is 114 cm³/mol. The van der Waals surface area contributed by atoms with Gasteiger partial charge in [-0.25, -0.2) is 4.79 Å². The summed E-state index contributed by atoms with van der Waals surface area (Å²) in [7, 11) is 1.36. The Morgan fingerprint density at radius 3 is 2.55 bits per heavy atom. The van der Waals surface area contributed by atoms with Crippen molar-refractivity contribution in [1.82, 2.24) is 9.47 Å². The zero-order chi connectivity index (χ0) is 21.3. The third-order valence-corrected chi connectivity index (χ3v) is 5.86. The van der Waals surface area contributed by atoms with Crippen LogP contribution in [0, 0.1) is 20.8 Å². The molecule has 1 saturated heterocycles. The van der Waals surface area contributed by atoms with Gasteiger partial charge < -0.3 is 9.30 Å². The van der Waals surface area contributed by atoms with Crippen molar-refractivity contribution in [2.45, 2.75) is 34.1 Å². The molecule has 1 aliphatic rings. The van der Waals surface area contributed by atoms with Gasteiger partial charge in [-0.05, 0) is 74.4 Å². The van der Waals surface area contributed by atoms with E-state index >= 15 is 0 Å². The van der Waals surface area contributed by atoms with Gasteiger partial charge in [0.15, 0.2) is 0 Å². The highest BCUT2D eigenvalue weighted by Gasteiger charge is 2.34. The molecule has 2 amide bonds. The van der Waals surface area contributed by atoms with Crippen LogP contribution in [0.2, 0.25) is 0 Å². The van der Waals surface area contributed by atoms with E-state index in [1.807, 2.05) is 44.4 Å². The maximum atomic E-state index is 12.5. The van der Waals surface area contributed by atoms with Gasteiger partial charge in [-0.15, -0.1) is 0 Å². The number of aromatic nitrogens is 1. The molecule has 6 nitrogen and oxygen atoms in total. The van der Waals surface area contributed by atoms with Crippen LogP contribution in [-0.4, -0.2) is 40.2 Å². The summed E-state index contributed by atoms with van der Waals surface area (Å²) < 4.78 is 6.88. The van der Waals surface area contributed by atoms with Gasteiger partial charge in [0.2, 0.25) is 0 Å². The number of nitrogens with zero attached hydrogens (tertiary/aromatic N) is 2. The lowest BCUT2D eigenvalue weighted by Crippen LogP contribution is -2.28. The number of carbonyl (C=O) groups is 3. The molecule has 0 radical (unpaired) electrons. The molecule has 3 rings (SSSR count). The van der Waals surface area contributed by atoms with Crippen LogP contribution in [0.25, 0.3) is 11.8 Å². The lowest BCUT2D eigenvalue weighted by atomic mass is 10.1. The van der Waals surface area contributed by atoms with Gasteiger partial charge >= 0.3 is 5.97 Å². The first-order chi connectivity index (χ1) is 13.8. The standard InChI is InChI=1S/C22H24N2O4S/c1-6-9-23-20(25)19(29-22(23)27)12-17-10-14(3)24(15(17)4)18-11-16(21(26)28-5)8-7-13(18)2/h7-8,10-12H,6,9H2,1-5H3/b19-12+. The molecular formula is C22H24N2O4S. The lowest BCUT2D eigenvalue weighted by molar-refractivity contribution is -0.122. The second kappa shape index (κ2) is 8.29. The van der Waals surface area contributed by atoms with Crippen molar-refractivity contribution in [2.24, 2.45) is 0 Å². The SMILES string of the molecule is CCCN1C(=O)S/C(=C/c2cc(C)n(-c3cc(C(=O)OC)ccc3C)c2C)C1=O. The zero-order valence-corrected chi connectivity index (χ0v) is 18.1. The van der Waals surface area contributed by atoms with Gasteiger partial charge in [0, 0.05) is 23.6 Å². The van der Waals surface area contributed by atoms with Gasteiger partial charge in [-0.3, -0.25) is 14.5 Å². The molecule has 0 unspecified atom stereocenters. The molecule has 1 aliphatic heterocycles. The molecule has 1 aromatic carbocycles. The van der Waals surface area contributed by atoms with Crippen LogP contribution in [-0.2, 0) is 9.53 Å². The molecule has 29 heavy (non-hydrogen) atoms. The van der Waals surface area contributed by atoms with Gasteiger partial charge in [0.05, 0.1) is 17.6 Å². The van der Waals surface area contributed by atoms with E-state index < -0.39 is 5.97 Å². The minimum Gasteiger partial charge on any atom is -0.465 e. The summed E-state index contributed by atoms with van der Waals surface area (Å²) in [6.07, 6.45) is 2.51. The normalized spacial score (nSPS) is 15.5. The predicted octanol–water partition coefficient (Wildman–Crippen LogP) is 4.64. The van der Waals surface area contributed by atoms with E-state index in [1.54, 1.807) is 18.2 Å². The Labute approximate surface area is 174 Å². The van der Waals surface area contributed by atoms with Gasteiger partial charge in [-0.2, -0.15) is 0 Å². The summed E-state index contributed by atoms with van der Waals surface area (Å²) in [6.45, 7) is 8.27. The summed E-state index contributed by atoms with van der Waals surface area (Å²) in [4.78, 5) is 38.3. The van der Waals surface area contributed by atoms with Crippen LogP contribution < -0.4 is 0 Å². The molecule has 2 heterocycles. The van der Waals surface area contributed by atoms with Gasteiger partial charge in [0.25, 0.3) is 11.1 Å². The van der Waals surface area contributed by atoms with Gasteiger partial charge in [-0.1, -0.05) is 13.0 Å². The van der Waals surface area contributed by atoms with E-state index in [2.05, 4.69) is 0 Å².